The van der Waals surface area contributed by atoms with Crippen LogP contribution >= 0.6 is 0 Å². The number of para-hydroxylation sites is 3. The van der Waals surface area contributed by atoms with Gasteiger partial charge in [-0.25, -0.2) is 4.90 Å². The summed E-state index contributed by atoms with van der Waals surface area (Å²) >= 11 is 0. The number of anilines is 1. The summed E-state index contributed by atoms with van der Waals surface area (Å²) < 4.78 is 11.5. The van der Waals surface area contributed by atoms with Crippen LogP contribution in [0.3, 0.4) is 0 Å². The first kappa shape index (κ1) is 23.1. The number of rotatable bonds is 8. The Morgan fingerprint density at radius 1 is 0.824 bits per heavy atom. The van der Waals surface area contributed by atoms with Crippen molar-refractivity contribution < 1.29 is 19.1 Å². The Labute approximate surface area is 200 Å². The molecule has 0 aliphatic carbocycles. The fraction of sp³-hybridized carbons (Fsp3) is 0.214. The number of ether oxygens (including phenoxy) is 2. The first-order chi connectivity index (χ1) is 16.4. The fourth-order valence-electron chi connectivity index (χ4n) is 4.12. The van der Waals surface area contributed by atoms with Gasteiger partial charge in [0.2, 0.25) is 0 Å². The topological polar surface area (TPSA) is 59.1 Å². The maximum absolute atomic E-state index is 13.9. The molecule has 34 heavy (non-hydrogen) atoms. The molecule has 0 saturated carbocycles. The molecule has 0 N–H and O–H groups in total. The number of nitrogens with zero attached hydrogens (tertiary/aromatic N) is 2. The smallest absolute Gasteiger partial charge is 0.282 e. The van der Waals surface area contributed by atoms with Gasteiger partial charge in [0.05, 0.1) is 24.5 Å². The third-order valence-corrected chi connectivity index (χ3v) is 5.55. The number of hydrogen-bond acceptors (Lipinski definition) is 5. The zero-order valence-electron chi connectivity index (χ0n) is 19.8. The molecule has 0 spiro atoms. The maximum atomic E-state index is 13.9. The van der Waals surface area contributed by atoms with Gasteiger partial charge in [0.15, 0.2) is 0 Å². The van der Waals surface area contributed by atoms with Gasteiger partial charge in [-0.1, -0.05) is 60.7 Å². The number of carbonyl (C=O) groups is 2. The standard InChI is InChI=1S/C28H28N2O4/c1-19(2)34-24-17-11-9-15-22(24)30-27(31)25(21-14-8-10-16-23(21)33-4)26(28(30)32)29(3)18-20-12-6-5-7-13-20/h5-17,19H,18H2,1-4H3. The zero-order chi connectivity index (χ0) is 24.2. The maximum Gasteiger partial charge on any atom is 0.282 e. The average Bonchev–Trinajstić information content (AvgIpc) is 3.09. The predicted molar refractivity (Wildman–Crippen MR) is 133 cm³/mol. The Bertz CT molecular complexity index is 1230. The lowest BCUT2D eigenvalue weighted by Crippen LogP contribution is -2.34. The van der Waals surface area contributed by atoms with Gasteiger partial charge >= 0.3 is 0 Å². The molecule has 0 unspecified atom stereocenters. The molecule has 4 rings (SSSR count). The van der Waals surface area contributed by atoms with Crippen molar-refractivity contribution in [3.05, 3.63) is 95.7 Å². The molecule has 1 aliphatic rings. The number of hydrogen-bond donors (Lipinski definition) is 0. The van der Waals surface area contributed by atoms with Crippen molar-refractivity contribution in [2.75, 3.05) is 19.1 Å². The van der Waals surface area contributed by atoms with Crippen molar-refractivity contribution in [2.24, 2.45) is 0 Å². The van der Waals surface area contributed by atoms with Crippen molar-refractivity contribution in [3.63, 3.8) is 0 Å². The summed E-state index contributed by atoms with van der Waals surface area (Å²) in [7, 11) is 3.38. The highest BCUT2D eigenvalue weighted by Gasteiger charge is 2.43. The summed E-state index contributed by atoms with van der Waals surface area (Å²) in [5.74, 6) is 0.191. The summed E-state index contributed by atoms with van der Waals surface area (Å²) in [6, 6.07) is 24.2. The third-order valence-electron chi connectivity index (χ3n) is 5.55. The van der Waals surface area contributed by atoms with Crippen LogP contribution in [0.25, 0.3) is 5.57 Å². The van der Waals surface area contributed by atoms with E-state index in [-0.39, 0.29) is 6.10 Å². The highest BCUT2D eigenvalue weighted by atomic mass is 16.5. The van der Waals surface area contributed by atoms with E-state index < -0.39 is 11.8 Å². The van der Waals surface area contributed by atoms with Crippen molar-refractivity contribution in [2.45, 2.75) is 26.5 Å². The second kappa shape index (κ2) is 9.83. The molecule has 1 aliphatic heterocycles. The lowest BCUT2D eigenvalue weighted by molar-refractivity contribution is -0.120. The number of amides is 2. The quantitative estimate of drug-likeness (QED) is 0.451. The molecule has 3 aromatic carbocycles. The minimum atomic E-state index is -0.413. The Kier molecular flexibility index (Phi) is 6.68. The van der Waals surface area contributed by atoms with Crippen molar-refractivity contribution in [3.8, 4) is 11.5 Å². The molecule has 3 aromatic rings. The number of likely N-dealkylation sites (N-methyl/N-ethyl adjacent to an activating group) is 1. The number of imide groups is 1. The number of carbonyl (C=O) groups excluding carboxylic acids is 2. The van der Waals surface area contributed by atoms with Gasteiger partial charge in [-0.15, -0.1) is 0 Å². The van der Waals surface area contributed by atoms with Gasteiger partial charge < -0.3 is 14.4 Å². The lowest BCUT2D eigenvalue weighted by atomic mass is 10.0. The fourth-order valence-corrected chi connectivity index (χ4v) is 4.12. The normalized spacial score (nSPS) is 13.6. The minimum Gasteiger partial charge on any atom is -0.496 e. The molecule has 0 atom stereocenters. The van der Waals surface area contributed by atoms with E-state index in [0.717, 1.165) is 5.56 Å². The molecule has 0 fully saturated rings. The zero-order valence-corrected chi connectivity index (χ0v) is 19.8. The van der Waals surface area contributed by atoms with Gasteiger partial charge in [-0.2, -0.15) is 0 Å². The summed E-state index contributed by atoms with van der Waals surface area (Å²) in [5, 5.41) is 0. The van der Waals surface area contributed by atoms with Crippen LogP contribution in [0.1, 0.15) is 25.0 Å². The Morgan fingerprint density at radius 2 is 1.44 bits per heavy atom. The van der Waals surface area contributed by atoms with Crippen LogP contribution in [0.4, 0.5) is 5.69 Å². The van der Waals surface area contributed by atoms with Gasteiger partial charge in [-0.05, 0) is 37.6 Å². The molecule has 0 bridgehead atoms. The molecule has 0 radical (unpaired) electrons. The summed E-state index contributed by atoms with van der Waals surface area (Å²) in [4.78, 5) is 30.8. The highest BCUT2D eigenvalue weighted by molar-refractivity contribution is 6.46. The molecule has 0 aromatic heterocycles. The van der Waals surface area contributed by atoms with E-state index in [2.05, 4.69) is 0 Å². The summed E-state index contributed by atoms with van der Waals surface area (Å²) in [5.41, 5.74) is 2.64. The molecule has 1 heterocycles. The first-order valence-electron chi connectivity index (χ1n) is 11.2. The Morgan fingerprint density at radius 3 is 2.12 bits per heavy atom. The largest absolute Gasteiger partial charge is 0.496 e. The van der Waals surface area contributed by atoms with Gasteiger partial charge in [0.25, 0.3) is 11.8 Å². The van der Waals surface area contributed by atoms with E-state index in [4.69, 9.17) is 9.47 Å². The highest BCUT2D eigenvalue weighted by Crippen LogP contribution is 2.41. The molecule has 174 valence electrons. The van der Waals surface area contributed by atoms with Crippen LogP contribution < -0.4 is 14.4 Å². The van der Waals surface area contributed by atoms with Crippen molar-refractivity contribution in [1.82, 2.24) is 4.90 Å². The lowest BCUT2D eigenvalue weighted by Gasteiger charge is -2.23. The minimum absolute atomic E-state index is 0.115. The van der Waals surface area contributed by atoms with Crippen LogP contribution in [0.5, 0.6) is 11.5 Å². The molecular formula is C28H28N2O4. The van der Waals surface area contributed by atoms with Crippen LogP contribution in [0.2, 0.25) is 0 Å². The molecule has 6 nitrogen and oxygen atoms in total. The molecule has 2 amide bonds. The van der Waals surface area contributed by atoms with Gasteiger partial charge in [0, 0.05) is 19.2 Å². The second-order valence-electron chi connectivity index (χ2n) is 8.35. The Balaban J connectivity index is 1.85. The van der Waals surface area contributed by atoms with Crippen molar-refractivity contribution >= 4 is 23.1 Å². The van der Waals surface area contributed by atoms with E-state index in [1.807, 2.05) is 74.3 Å². The van der Waals surface area contributed by atoms with Crippen molar-refractivity contribution in [1.29, 1.82) is 0 Å². The molecule has 0 saturated heterocycles. The number of benzene rings is 3. The molecular weight excluding hydrogens is 428 g/mol. The van der Waals surface area contributed by atoms with Gasteiger partial charge in [-0.3, -0.25) is 9.59 Å². The van der Waals surface area contributed by atoms with Gasteiger partial charge in [0.1, 0.15) is 17.2 Å². The number of methoxy groups -OCH3 is 1. The summed E-state index contributed by atoms with van der Waals surface area (Å²) in [6.07, 6.45) is -0.115. The predicted octanol–water partition coefficient (Wildman–Crippen LogP) is 4.90. The first-order valence-corrected chi connectivity index (χ1v) is 11.2. The van der Waals surface area contributed by atoms with Crippen LogP contribution in [0, 0.1) is 0 Å². The van der Waals surface area contributed by atoms with E-state index in [0.29, 0.717) is 40.6 Å². The second-order valence-corrected chi connectivity index (χ2v) is 8.35. The van der Waals surface area contributed by atoms with E-state index in [9.17, 15) is 9.59 Å². The monoisotopic (exact) mass is 456 g/mol. The Hall–Kier alpha value is -4.06. The average molecular weight is 457 g/mol. The third kappa shape index (κ3) is 4.39. The van der Waals surface area contributed by atoms with Crippen LogP contribution in [-0.2, 0) is 16.1 Å². The van der Waals surface area contributed by atoms with Crippen LogP contribution in [0.15, 0.2) is 84.6 Å². The van der Waals surface area contributed by atoms with E-state index in [1.54, 1.807) is 37.4 Å². The summed E-state index contributed by atoms with van der Waals surface area (Å²) in [6.45, 7) is 4.27. The molecule has 6 heteroatoms. The SMILES string of the molecule is COc1ccccc1C1=C(N(C)Cc2ccccc2)C(=O)N(c2ccccc2OC(C)C)C1=O. The van der Waals surface area contributed by atoms with E-state index in [1.165, 1.54) is 4.90 Å². The van der Waals surface area contributed by atoms with E-state index >= 15 is 0 Å². The van der Waals surface area contributed by atoms with Crippen LogP contribution in [-0.4, -0.2) is 37.0 Å².